The summed E-state index contributed by atoms with van der Waals surface area (Å²) in [7, 11) is 2.05. The lowest BCUT2D eigenvalue weighted by molar-refractivity contribution is 0.240. The number of fused-ring (bicyclic) bond motifs is 1. The van der Waals surface area contributed by atoms with E-state index < -0.39 is 0 Å². The van der Waals surface area contributed by atoms with Crippen molar-refractivity contribution in [2.45, 2.75) is 52.0 Å². The van der Waals surface area contributed by atoms with E-state index >= 15 is 0 Å². The minimum Gasteiger partial charge on any atom is -0.493 e. The molecule has 1 aromatic rings. The van der Waals surface area contributed by atoms with Crippen molar-refractivity contribution < 1.29 is 4.74 Å². The van der Waals surface area contributed by atoms with E-state index in [1.165, 1.54) is 43.2 Å². The van der Waals surface area contributed by atoms with Gasteiger partial charge in [-0.15, -0.1) is 0 Å². The standard InChI is InChI=1S/C17H27NO/c1-4-13(5-2)12-19-15-9-10-16-14(11-15)7-6-8-17(16)18-3/h9-11,13,17-18H,4-8,12H2,1-3H3. The van der Waals surface area contributed by atoms with Crippen molar-refractivity contribution in [2.75, 3.05) is 13.7 Å². The lowest BCUT2D eigenvalue weighted by atomic mass is 9.87. The molecule has 2 rings (SSSR count). The zero-order valence-corrected chi connectivity index (χ0v) is 12.5. The summed E-state index contributed by atoms with van der Waals surface area (Å²) in [5, 5.41) is 3.41. The molecule has 2 heteroatoms. The van der Waals surface area contributed by atoms with Crippen LogP contribution in [0.2, 0.25) is 0 Å². The smallest absolute Gasteiger partial charge is 0.119 e. The SMILES string of the molecule is CCC(CC)COc1ccc2c(c1)CCCC2NC. The van der Waals surface area contributed by atoms with Gasteiger partial charge in [0.25, 0.3) is 0 Å². The third-order valence-corrected chi connectivity index (χ3v) is 4.42. The number of hydrogen-bond donors (Lipinski definition) is 1. The molecular weight excluding hydrogens is 234 g/mol. The second kappa shape index (κ2) is 6.95. The van der Waals surface area contributed by atoms with Crippen molar-refractivity contribution >= 4 is 0 Å². The Morgan fingerprint density at radius 3 is 2.79 bits per heavy atom. The fourth-order valence-corrected chi connectivity index (χ4v) is 2.92. The maximum atomic E-state index is 5.96. The lowest BCUT2D eigenvalue weighted by Crippen LogP contribution is -2.21. The molecule has 0 aliphatic heterocycles. The molecule has 106 valence electrons. The van der Waals surface area contributed by atoms with Crippen molar-refractivity contribution in [3.8, 4) is 5.75 Å². The Bertz CT molecular complexity index is 398. The van der Waals surface area contributed by atoms with Crippen LogP contribution >= 0.6 is 0 Å². The van der Waals surface area contributed by atoms with Gasteiger partial charge in [-0.25, -0.2) is 0 Å². The minimum atomic E-state index is 0.525. The number of nitrogens with one attached hydrogen (secondary N) is 1. The van der Waals surface area contributed by atoms with Crippen LogP contribution in [0.1, 0.15) is 56.7 Å². The highest BCUT2D eigenvalue weighted by Crippen LogP contribution is 2.32. The molecule has 1 atom stereocenters. The minimum absolute atomic E-state index is 0.525. The zero-order chi connectivity index (χ0) is 13.7. The first-order valence-corrected chi connectivity index (χ1v) is 7.71. The van der Waals surface area contributed by atoms with Crippen molar-refractivity contribution in [3.63, 3.8) is 0 Å². The van der Waals surface area contributed by atoms with Crippen LogP contribution in [-0.2, 0) is 6.42 Å². The molecule has 0 saturated carbocycles. The quantitative estimate of drug-likeness (QED) is 0.832. The van der Waals surface area contributed by atoms with E-state index in [0.717, 1.165) is 12.4 Å². The fourth-order valence-electron chi connectivity index (χ4n) is 2.92. The molecule has 0 heterocycles. The van der Waals surface area contributed by atoms with Crippen LogP contribution in [0.25, 0.3) is 0 Å². The third-order valence-electron chi connectivity index (χ3n) is 4.42. The summed E-state index contributed by atoms with van der Waals surface area (Å²) in [6, 6.07) is 7.16. The Labute approximate surface area is 117 Å². The van der Waals surface area contributed by atoms with Gasteiger partial charge in [0.2, 0.25) is 0 Å². The van der Waals surface area contributed by atoms with E-state index in [0.29, 0.717) is 12.0 Å². The van der Waals surface area contributed by atoms with Crippen molar-refractivity contribution in [1.82, 2.24) is 5.32 Å². The molecule has 0 aromatic heterocycles. The molecule has 0 radical (unpaired) electrons. The van der Waals surface area contributed by atoms with Gasteiger partial charge >= 0.3 is 0 Å². The lowest BCUT2D eigenvalue weighted by Gasteiger charge is -2.25. The van der Waals surface area contributed by atoms with E-state index in [-0.39, 0.29) is 0 Å². The van der Waals surface area contributed by atoms with Crippen LogP contribution in [0.4, 0.5) is 0 Å². The number of benzene rings is 1. The maximum Gasteiger partial charge on any atom is 0.119 e. The van der Waals surface area contributed by atoms with Crippen molar-refractivity contribution in [1.29, 1.82) is 0 Å². The average molecular weight is 261 g/mol. The Kier molecular flexibility index (Phi) is 5.26. The molecule has 0 spiro atoms. The molecule has 1 unspecified atom stereocenters. The first-order chi connectivity index (χ1) is 9.28. The van der Waals surface area contributed by atoms with Crippen molar-refractivity contribution in [2.24, 2.45) is 5.92 Å². The monoisotopic (exact) mass is 261 g/mol. The number of rotatable bonds is 6. The molecule has 1 aromatic carbocycles. The van der Waals surface area contributed by atoms with E-state index in [9.17, 15) is 0 Å². The summed E-state index contributed by atoms with van der Waals surface area (Å²) >= 11 is 0. The Balaban J connectivity index is 2.04. The predicted octanol–water partition coefficient (Wildman–Crippen LogP) is 4.10. The summed E-state index contributed by atoms with van der Waals surface area (Å²) in [6.45, 7) is 5.32. The summed E-state index contributed by atoms with van der Waals surface area (Å²) in [4.78, 5) is 0. The molecule has 1 aliphatic rings. The van der Waals surface area contributed by atoms with Gasteiger partial charge in [-0.05, 0) is 55.5 Å². The van der Waals surface area contributed by atoms with Crippen LogP contribution in [0, 0.1) is 5.92 Å². The number of aryl methyl sites for hydroxylation is 1. The van der Waals surface area contributed by atoms with Crippen LogP contribution in [-0.4, -0.2) is 13.7 Å². The average Bonchev–Trinajstić information content (AvgIpc) is 2.47. The highest BCUT2D eigenvalue weighted by molar-refractivity contribution is 5.39. The van der Waals surface area contributed by atoms with Gasteiger partial charge in [-0.2, -0.15) is 0 Å². The van der Waals surface area contributed by atoms with Crippen molar-refractivity contribution in [3.05, 3.63) is 29.3 Å². The number of ether oxygens (including phenoxy) is 1. The van der Waals surface area contributed by atoms with Crippen LogP contribution < -0.4 is 10.1 Å². The van der Waals surface area contributed by atoms with Gasteiger partial charge in [0, 0.05) is 6.04 Å². The topological polar surface area (TPSA) is 21.3 Å². The van der Waals surface area contributed by atoms with E-state index in [4.69, 9.17) is 4.74 Å². The van der Waals surface area contributed by atoms with Gasteiger partial charge in [0.05, 0.1) is 6.61 Å². The van der Waals surface area contributed by atoms with Crippen LogP contribution in [0.3, 0.4) is 0 Å². The first-order valence-electron chi connectivity index (χ1n) is 7.71. The highest BCUT2D eigenvalue weighted by atomic mass is 16.5. The third kappa shape index (κ3) is 3.50. The van der Waals surface area contributed by atoms with Gasteiger partial charge in [0.15, 0.2) is 0 Å². The summed E-state index contributed by atoms with van der Waals surface area (Å²) < 4.78 is 5.96. The second-order valence-electron chi connectivity index (χ2n) is 5.59. The van der Waals surface area contributed by atoms with Gasteiger partial charge < -0.3 is 10.1 Å². The highest BCUT2D eigenvalue weighted by Gasteiger charge is 2.19. The molecular formula is C17H27NO. The fraction of sp³-hybridized carbons (Fsp3) is 0.647. The normalized spacial score (nSPS) is 18.4. The molecule has 2 nitrogen and oxygen atoms in total. The van der Waals surface area contributed by atoms with E-state index in [1.807, 2.05) is 0 Å². The van der Waals surface area contributed by atoms with Gasteiger partial charge in [0.1, 0.15) is 5.75 Å². The predicted molar refractivity (Wildman–Crippen MR) is 80.7 cm³/mol. The maximum absolute atomic E-state index is 5.96. The van der Waals surface area contributed by atoms with E-state index in [2.05, 4.69) is 44.4 Å². The first kappa shape index (κ1) is 14.4. The molecule has 1 aliphatic carbocycles. The number of hydrogen-bond acceptors (Lipinski definition) is 2. The Morgan fingerprint density at radius 1 is 1.32 bits per heavy atom. The van der Waals surface area contributed by atoms with Gasteiger partial charge in [-0.3, -0.25) is 0 Å². The summed E-state index contributed by atoms with van der Waals surface area (Å²) in [5.74, 6) is 1.73. The summed E-state index contributed by atoms with van der Waals surface area (Å²) in [6.07, 6.45) is 6.11. The molecule has 0 bridgehead atoms. The second-order valence-corrected chi connectivity index (χ2v) is 5.59. The molecule has 0 amide bonds. The van der Waals surface area contributed by atoms with Gasteiger partial charge in [-0.1, -0.05) is 32.8 Å². The Hall–Kier alpha value is -1.02. The molecule has 1 N–H and O–H groups in total. The van der Waals surface area contributed by atoms with Crippen LogP contribution in [0.15, 0.2) is 18.2 Å². The van der Waals surface area contributed by atoms with Crippen LogP contribution in [0.5, 0.6) is 5.75 Å². The molecule has 0 fully saturated rings. The summed E-state index contributed by atoms with van der Waals surface area (Å²) in [5.41, 5.74) is 2.93. The Morgan fingerprint density at radius 2 is 2.11 bits per heavy atom. The zero-order valence-electron chi connectivity index (χ0n) is 12.5. The van der Waals surface area contributed by atoms with E-state index in [1.54, 1.807) is 0 Å². The largest absolute Gasteiger partial charge is 0.493 e. The molecule has 0 saturated heterocycles. The molecule has 19 heavy (non-hydrogen) atoms.